The minimum absolute atomic E-state index is 0.518. The third kappa shape index (κ3) is 2.86. The molecule has 1 heterocycles. The summed E-state index contributed by atoms with van der Waals surface area (Å²) in [4.78, 5) is 1.18. The largest absolute Gasteiger partial charge is 0.497 e. The second kappa shape index (κ2) is 6.16. The van der Waals surface area contributed by atoms with Crippen molar-refractivity contribution >= 4 is 21.4 Å². The number of fused-ring (bicyclic) bond motifs is 1. The molecule has 0 fully saturated rings. The lowest BCUT2D eigenvalue weighted by atomic mass is 10.1. The smallest absolute Gasteiger partial charge is 0.123 e. The molecule has 1 aromatic heterocycles. The van der Waals surface area contributed by atoms with E-state index in [9.17, 15) is 0 Å². The van der Waals surface area contributed by atoms with E-state index in [4.69, 9.17) is 15.2 Å². The number of nitrogens with two attached hydrogens (primary N) is 1. The Hall–Kier alpha value is -2.04. The Labute approximate surface area is 127 Å². The first-order valence-electron chi connectivity index (χ1n) is 6.78. The molecular formula is C17H17NO2S. The predicted octanol–water partition coefficient (Wildman–Crippen LogP) is 3.95. The topological polar surface area (TPSA) is 44.5 Å². The summed E-state index contributed by atoms with van der Waals surface area (Å²) in [7, 11) is 1.65. The number of hydrogen-bond acceptors (Lipinski definition) is 4. The fourth-order valence-electron chi connectivity index (χ4n) is 2.32. The summed E-state index contributed by atoms with van der Waals surface area (Å²) >= 11 is 1.74. The van der Waals surface area contributed by atoms with Crippen LogP contribution in [0.2, 0.25) is 0 Å². The molecule has 2 N–H and O–H groups in total. The van der Waals surface area contributed by atoms with Crippen molar-refractivity contribution in [3.05, 3.63) is 59.0 Å². The van der Waals surface area contributed by atoms with Crippen molar-refractivity contribution in [2.24, 2.45) is 5.73 Å². The lowest BCUT2D eigenvalue weighted by Gasteiger charge is -2.08. The SMILES string of the molecule is COc1cccc(OCc2c(CN)sc3ccccc23)c1. The Morgan fingerprint density at radius 3 is 2.67 bits per heavy atom. The maximum atomic E-state index is 5.91. The first-order chi connectivity index (χ1) is 10.3. The van der Waals surface area contributed by atoms with Crippen molar-refractivity contribution in [1.29, 1.82) is 0 Å². The minimum atomic E-state index is 0.518. The normalized spacial score (nSPS) is 10.8. The van der Waals surface area contributed by atoms with Crippen molar-refractivity contribution in [1.82, 2.24) is 0 Å². The fourth-order valence-corrected chi connectivity index (χ4v) is 3.41. The lowest BCUT2D eigenvalue weighted by molar-refractivity contribution is 0.304. The molecule has 0 bridgehead atoms. The van der Waals surface area contributed by atoms with Crippen LogP contribution in [-0.2, 0) is 13.2 Å². The highest BCUT2D eigenvalue weighted by molar-refractivity contribution is 7.19. The Morgan fingerprint density at radius 1 is 1.05 bits per heavy atom. The van der Waals surface area contributed by atoms with Crippen LogP contribution in [0.25, 0.3) is 10.1 Å². The van der Waals surface area contributed by atoms with Crippen LogP contribution in [0.5, 0.6) is 11.5 Å². The molecule has 0 aliphatic heterocycles. The van der Waals surface area contributed by atoms with Crippen molar-refractivity contribution in [2.75, 3.05) is 7.11 Å². The van der Waals surface area contributed by atoms with Gasteiger partial charge < -0.3 is 15.2 Å². The number of hydrogen-bond donors (Lipinski definition) is 1. The standard InChI is InChI=1S/C17H17NO2S/c1-19-12-5-4-6-13(9-12)20-11-15-14-7-2-3-8-16(14)21-17(15)10-18/h2-9H,10-11,18H2,1H3. The molecule has 0 atom stereocenters. The third-order valence-corrected chi connectivity index (χ3v) is 4.63. The van der Waals surface area contributed by atoms with Gasteiger partial charge in [0.15, 0.2) is 0 Å². The van der Waals surface area contributed by atoms with Gasteiger partial charge in [-0.1, -0.05) is 24.3 Å². The quantitative estimate of drug-likeness (QED) is 0.776. The Kier molecular flexibility index (Phi) is 4.08. The van der Waals surface area contributed by atoms with Gasteiger partial charge in [-0.15, -0.1) is 11.3 Å². The van der Waals surface area contributed by atoms with E-state index in [-0.39, 0.29) is 0 Å². The summed E-state index contributed by atoms with van der Waals surface area (Å²) in [5.74, 6) is 1.59. The molecule has 0 saturated carbocycles. The number of rotatable bonds is 5. The Balaban J connectivity index is 1.87. The summed E-state index contributed by atoms with van der Waals surface area (Å²) in [6.07, 6.45) is 0. The van der Waals surface area contributed by atoms with Crippen molar-refractivity contribution in [3.63, 3.8) is 0 Å². The zero-order valence-electron chi connectivity index (χ0n) is 11.8. The molecule has 0 saturated heterocycles. The molecule has 0 radical (unpaired) electrons. The van der Waals surface area contributed by atoms with E-state index >= 15 is 0 Å². The average molecular weight is 299 g/mol. The maximum absolute atomic E-state index is 5.91. The lowest BCUT2D eigenvalue weighted by Crippen LogP contribution is -2.01. The van der Waals surface area contributed by atoms with Crippen LogP contribution in [0.3, 0.4) is 0 Å². The number of thiophene rings is 1. The van der Waals surface area contributed by atoms with E-state index in [1.807, 2.05) is 36.4 Å². The summed E-state index contributed by atoms with van der Waals surface area (Å²) in [5.41, 5.74) is 7.05. The van der Waals surface area contributed by atoms with Crippen LogP contribution in [-0.4, -0.2) is 7.11 Å². The van der Waals surface area contributed by atoms with Gasteiger partial charge in [0.25, 0.3) is 0 Å². The van der Waals surface area contributed by atoms with Gasteiger partial charge in [0.05, 0.1) is 7.11 Å². The molecule has 4 heteroatoms. The van der Waals surface area contributed by atoms with Crippen molar-refractivity contribution in [3.8, 4) is 11.5 Å². The Bertz CT molecular complexity index is 751. The number of methoxy groups -OCH3 is 1. The first-order valence-corrected chi connectivity index (χ1v) is 7.59. The number of ether oxygens (including phenoxy) is 2. The third-order valence-electron chi connectivity index (χ3n) is 3.39. The van der Waals surface area contributed by atoms with Crippen LogP contribution in [0.15, 0.2) is 48.5 Å². The molecule has 2 aromatic carbocycles. The highest BCUT2D eigenvalue weighted by Gasteiger charge is 2.11. The predicted molar refractivity (Wildman–Crippen MR) is 87.0 cm³/mol. The molecule has 0 amide bonds. The summed E-state index contributed by atoms with van der Waals surface area (Å²) in [6, 6.07) is 16.0. The molecule has 0 aliphatic rings. The summed E-state index contributed by atoms with van der Waals surface area (Å²) in [5, 5.41) is 1.23. The van der Waals surface area contributed by atoms with E-state index in [1.54, 1.807) is 18.4 Å². The molecule has 0 aliphatic carbocycles. The van der Waals surface area contributed by atoms with E-state index in [2.05, 4.69) is 12.1 Å². The highest BCUT2D eigenvalue weighted by atomic mass is 32.1. The minimum Gasteiger partial charge on any atom is -0.497 e. The molecule has 3 rings (SSSR count). The van der Waals surface area contributed by atoms with Gasteiger partial charge in [0, 0.05) is 27.8 Å². The zero-order chi connectivity index (χ0) is 14.7. The van der Waals surface area contributed by atoms with Gasteiger partial charge in [0.2, 0.25) is 0 Å². The van der Waals surface area contributed by atoms with Gasteiger partial charge in [-0.25, -0.2) is 0 Å². The summed E-state index contributed by atoms with van der Waals surface area (Å²) in [6.45, 7) is 1.06. The second-order valence-electron chi connectivity index (χ2n) is 4.67. The average Bonchev–Trinajstić information content (AvgIpc) is 2.91. The number of benzene rings is 2. The van der Waals surface area contributed by atoms with Gasteiger partial charge in [-0.05, 0) is 23.6 Å². The highest BCUT2D eigenvalue weighted by Crippen LogP contribution is 2.32. The van der Waals surface area contributed by atoms with E-state index in [1.165, 1.54) is 20.5 Å². The monoisotopic (exact) mass is 299 g/mol. The molecular weight excluding hydrogens is 282 g/mol. The van der Waals surface area contributed by atoms with Gasteiger partial charge >= 0.3 is 0 Å². The van der Waals surface area contributed by atoms with Crippen LogP contribution in [0.4, 0.5) is 0 Å². The summed E-state index contributed by atoms with van der Waals surface area (Å²) < 4.78 is 12.4. The molecule has 108 valence electrons. The van der Waals surface area contributed by atoms with Crippen LogP contribution in [0, 0.1) is 0 Å². The van der Waals surface area contributed by atoms with E-state index < -0.39 is 0 Å². The van der Waals surface area contributed by atoms with Crippen molar-refractivity contribution in [2.45, 2.75) is 13.2 Å². The molecule has 0 spiro atoms. The van der Waals surface area contributed by atoms with Crippen LogP contribution in [0.1, 0.15) is 10.4 Å². The van der Waals surface area contributed by atoms with E-state index in [0.29, 0.717) is 13.2 Å². The maximum Gasteiger partial charge on any atom is 0.123 e. The van der Waals surface area contributed by atoms with Crippen LogP contribution >= 0.6 is 11.3 Å². The van der Waals surface area contributed by atoms with Gasteiger partial charge in [-0.3, -0.25) is 0 Å². The molecule has 0 unspecified atom stereocenters. The Morgan fingerprint density at radius 2 is 1.86 bits per heavy atom. The molecule has 3 aromatic rings. The van der Waals surface area contributed by atoms with E-state index in [0.717, 1.165) is 11.5 Å². The molecule has 3 nitrogen and oxygen atoms in total. The van der Waals surface area contributed by atoms with Crippen LogP contribution < -0.4 is 15.2 Å². The van der Waals surface area contributed by atoms with Gasteiger partial charge in [-0.2, -0.15) is 0 Å². The fraction of sp³-hybridized carbons (Fsp3) is 0.176. The van der Waals surface area contributed by atoms with Gasteiger partial charge in [0.1, 0.15) is 18.1 Å². The van der Waals surface area contributed by atoms with Crippen molar-refractivity contribution < 1.29 is 9.47 Å². The first kappa shape index (κ1) is 13.9. The molecule has 21 heavy (non-hydrogen) atoms. The zero-order valence-corrected chi connectivity index (χ0v) is 12.7. The second-order valence-corrected chi connectivity index (χ2v) is 5.81.